The van der Waals surface area contributed by atoms with E-state index < -0.39 is 0 Å². The van der Waals surface area contributed by atoms with Crippen molar-refractivity contribution in [3.63, 3.8) is 0 Å². The van der Waals surface area contributed by atoms with Crippen LogP contribution in [0, 0.1) is 5.92 Å². The number of methoxy groups -OCH3 is 1. The van der Waals surface area contributed by atoms with Crippen molar-refractivity contribution >= 4 is 5.97 Å². The molecule has 0 spiro atoms. The third-order valence-electron chi connectivity index (χ3n) is 3.36. The van der Waals surface area contributed by atoms with Gasteiger partial charge in [-0.05, 0) is 18.8 Å². The van der Waals surface area contributed by atoms with E-state index in [-0.39, 0.29) is 12.0 Å². The monoisotopic (exact) mass is 243 g/mol. The molecule has 0 saturated heterocycles. The Labute approximate surface area is 106 Å². The molecule has 3 heteroatoms. The number of carbonyl (C=O) groups excluding carboxylic acids is 1. The molecule has 0 aliphatic heterocycles. The lowest BCUT2D eigenvalue weighted by atomic mass is 9.96. The number of ether oxygens (including phenoxy) is 1. The Bertz CT molecular complexity index is 200. The van der Waals surface area contributed by atoms with Gasteiger partial charge < -0.3 is 10.1 Å². The maximum atomic E-state index is 11.8. The fourth-order valence-electron chi connectivity index (χ4n) is 2.09. The standard InChI is InChI=1S/C14H29NO2/c1-6-9-12(10-7-2)15-13(11(4)8-3)14(16)17-5/h11-13,15H,6-10H2,1-5H3. The summed E-state index contributed by atoms with van der Waals surface area (Å²) in [6.45, 7) is 8.57. The minimum absolute atomic E-state index is 0.128. The first kappa shape index (κ1) is 16.4. The van der Waals surface area contributed by atoms with E-state index in [1.54, 1.807) is 0 Å². The molecule has 0 rings (SSSR count). The summed E-state index contributed by atoms with van der Waals surface area (Å²) >= 11 is 0. The molecular weight excluding hydrogens is 214 g/mol. The fraction of sp³-hybridized carbons (Fsp3) is 0.929. The molecule has 0 fully saturated rings. The van der Waals surface area contributed by atoms with Crippen LogP contribution in [0.4, 0.5) is 0 Å². The summed E-state index contributed by atoms with van der Waals surface area (Å²) in [4.78, 5) is 11.8. The van der Waals surface area contributed by atoms with Crippen LogP contribution >= 0.6 is 0 Å². The first-order valence-corrected chi connectivity index (χ1v) is 6.94. The van der Waals surface area contributed by atoms with E-state index in [2.05, 4.69) is 33.0 Å². The molecule has 0 aliphatic carbocycles. The van der Waals surface area contributed by atoms with Gasteiger partial charge in [0.05, 0.1) is 7.11 Å². The average Bonchev–Trinajstić information content (AvgIpc) is 2.34. The van der Waals surface area contributed by atoms with Crippen molar-refractivity contribution < 1.29 is 9.53 Å². The maximum absolute atomic E-state index is 11.8. The molecule has 102 valence electrons. The molecule has 0 aromatic rings. The van der Waals surface area contributed by atoms with Crippen molar-refractivity contribution in [2.75, 3.05) is 7.11 Å². The minimum atomic E-state index is -0.159. The summed E-state index contributed by atoms with van der Waals surface area (Å²) in [7, 11) is 1.47. The number of carbonyl (C=O) groups is 1. The van der Waals surface area contributed by atoms with Gasteiger partial charge >= 0.3 is 5.97 Å². The number of rotatable bonds is 9. The van der Waals surface area contributed by atoms with Gasteiger partial charge in [-0.25, -0.2) is 0 Å². The second-order valence-corrected chi connectivity index (χ2v) is 4.83. The lowest BCUT2D eigenvalue weighted by molar-refractivity contribution is -0.144. The van der Waals surface area contributed by atoms with Gasteiger partial charge in [-0.2, -0.15) is 0 Å². The summed E-state index contributed by atoms with van der Waals surface area (Å²) in [5, 5.41) is 3.48. The number of hydrogen-bond donors (Lipinski definition) is 1. The van der Waals surface area contributed by atoms with Crippen LogP contribution in [0.1, 0.15) is 59.8 Å². The van der Waals surface area contributed by atoms with Gasteiger partial charge in [-0.15, -0.1) is 0 Å². The van der Waals surface area contributed by atoms with Crippen molar-refractivity contribution in [1.82, 2.24) is 5.32 Å². The Morgan fingerprint density at radius 1 is 1.18 bits per heavy atom. The lowest BCUT2D eigenvalue weighted by Crippen LogP contribution is -2.47. The summed E-state index contributed by atoms with van der Waals surface area (Å²) < 4.78 is 4.89. The number of nitrogens with one attached hydrogen (secondary N) is 1. The summed E-state index contributed by atoms with van der Waals surface area (Å²) in [6, 6.07) is 0.274. The molecular formula is C14H29NO2. The second-order valence-electron chi connectivity index (χ2n) is 4.83. The molecule has 3 nitrogen and oxygen atoms in total. The van der Waals surface area contributed by atoms with E-state index in [9.17, 15) is 4.79 Å². The second kappa shape index (κ2) is 9.46. The quantitative estimate of drug-likeness (QED) is 0.632. The van der Waals surface area contributed by atoms with Crippen LogP contribution in [0.3, 0.4) is 0 Å². The minimum Gasteiger partial charge on any atom is -0.468 e. The van der Waals surface area contributed by atoms with Gasteiger partial charge in [0.2, 0.25) is 0 Å². The number of hydrogen-bond acceptors (Lipinski definition) is 3. The van der Waals surface area contributed by atoms with Crippen LogP contribution < -0.4 is 5.32 Å². The van der Waals surface area contributed by atoms with Crippen LogP contribution in [0.15, 0.2) is 0 Å². The highest BCUT2D eigenvalue weighted by molar-refractivity contribution is 5.76. The first-order chi connectivity index (χ1) is 8.10. The SMILES string of the molecule is CCCC(CCC)NC(C(=O)OC)C(C)CC. The van der Waals surface area contributed by atoms with Gasteiger partial charge in [0.1, 0.15) is 6.04 Å². The molecule has 0 bridgehead atoms. The number of esters is 1. The fourth-order valence-corrected chi connectivity index (χ4v) is 2.09. The summed E-state index contributed by atoms with van der Waals surface area (Å²) in [5.41, 5.74) is 0. The Morgan fingerprint density at radius 3 is 2.06 bits per heavy atom. The summed E-state index contributed by atoms with van der Waals surface area (Å²) in [5.74, 6) is 0.190. The van der Waals surface area contributed by atoms with Gasteiger partial charge in [0.15, 0.2) is 0 Å². The van der Waals surface area contributed by atoms with Crippen LogP contribution in [0.25, 0.3) is 0 Å². The molecule has 0 aromatic carbocycles. The molecule has 17 heavy (non-hydrogen) atoms. The normalized spacial score (nSPS) is 14.7. The average molecular weight is 243 g/mol. The largest absolute Gasteiger partial charge is 0.468 e. The van der Waals surface area contributed by atoms with Gasteiger partial charge in [-0.3, -0.25) is 4.79 Å². The van der Waals surface area contributed by atoms with E-state index >= 15 is 0 Å². The first-order valence-electron chi connectivity index (χ1n) is 6.94. The molecule has 0 radical (unpaired) electrons. The third kappa shape index (κ3) is 6.06. The van der Waals surface area contributed by atoms with Crippen LogP contribution in [-0.2, 0) is 9.53 Å². The van der Waals surface area contributed by atoms with E-state index in [0.29, 0.717) is 12.0 Å². The molecule has 0 amide bonds. The molecule has 2 atom stereocenters. The van der Waals surface area contributed by atoms with E-state index in [1.807, 2.05) is 0 Å². The highest BCUT2D eigenvalue weighted by Crippen LogP contribution is 2.13. The smallest absolute Gasteiger partial charge is 0.323 e. The van der Waals surface area contributed by atoms with Gasteiger partial charge in [0.25, 0.3) is 0 Å². The van der Waals surface area contributed by atoms with Crippen molar-refractivity contribution in [1.29, 1.82) is 0 Å². The molecule has 0 aliphatic rings. The predicted octanol–water partition coefficient (Wildman–Crippen LogP) is 3.13. The van der Waals surface area contributed by atoms with Crippen molar-refractivity contribution in [3.8, 4) is 0 Å². The maximum Gasteiger partial charge on any atom is 0.323 e. The van der Waals surface area contributed by atoms with E-state index in [0.717, 1.165) is 32.1 Å². The Morgan fingerprint density at radius 2 is 1.71 bits per heavy atom. The Balaban J connectivity index is 4.51. The molecule has 2 unspecified atom stereocenters. The lowest BCUT2D eigenvalue weighted by Gasteiger charge is -2.27. The zero-order valence-corrected chi connectivity index (χ0v) is 12.1. The van der Waals surface area contributed by atoms with Crippen molar-refractivity contribution in [2.45, 2.75) is 71.9 Å². The zero-order valence-electron chi connectivity index (χ0n) is 12.1. The third-order valence-corrected chi connectivity index (χ3v) is 3.36. The van der Waals surface area contributed by atoms with Crippen LogP contribution in [-0.4, -0.2) is 25.2 Å². The molecule has 0 saturated carbocycles. The summed E-state index contributed by atoms with van der Waals surface area (Å²) in [6.07, 6.45) is 5.52. The van der Waals surface area contributed by atoms with Crippen LogP contribution in [0.5, 0.6) is 0 Å². The Hall–Kier alpha value is -0.570. The van der Waals surface area contributed by atoms with Gasteiger partial charge in [-0.1, -0.05) is 47.0 Å². The topological polar surface area (TPSA) is 38.3 Å². The zero-order chi connectivity index (χ0) is 13.3. The van der Waals surface area contributed by atoms with Gasteiger partial charge in [0, 0.05) is 6.04 Å². The highest BCUT2D eigenvalue weighted by Gasteiger charge is 2.26. The van der Waals surface area contributed by atoms with E-state index in [4.69, 9.17) is 4.74 Å². The Kier molecular flexibility index (Phi) is 9.14. The van der Waals surface area contributed by atoms with E-state index in [1.165, 1.54) is 7.11 Å². The molecule has 0 heterocycles. The predicted molar refractivity (Wildman–Crippen MR) is 72.0 cm³/mol. The molecule has 1 N–H and O–H groups in total. The van der Waals surface area contributed by atoms with Crippen molar-refractivity contribution in [2.24, 2.45) is 5.92 Å². The van der Waals surface area contributed by atoms with Crippen molar-refractivity contribution in [3.05, 3.63) is 0 Å². The molecule has 0 aromatic heterocycles. The highest BCUT2D eigenvalue weighted by atomic mass is 16.5. The van der Waals surface area contributed by atoms with Crippen LogP contribution in [0.2, 0.25) is 0 Å².